The van der Waals surface area contributed by atoms with Crippen molar-refractivity contribution in [3.8, 4) is 0 Å². The lowest BCUT2D eigenvalue weighted by Gasteiger charge is -2.33. The van der Waals surface area contributed by atoms with E-state index in [1.54, 1.807) is 0 Å². The third-order valence-electron chi connectivity index (χ3n) is 3.45. The van der Waals surface area contributed by atoms with Gasteiger partial charge in [-0.15, -0.1) is 0 Å². The SMILES string of the molecule is CC(C)CNCC1CCCN(CCN(C)C)C1. The second-order valence-corrected chi connectivity index (χ2v) is 6.16. The van der Waals surface area contributed by atoms with Gasteiger partial charge in [0.2, 0.25) is 0 Å². The zero-order chi connectivity index (χ0) is 12.7. The molecule has 1 fully saturated rings. The van der Waals surface area contributed by atoms with Crippen molar-refractivity contribution in [2.75, 3.05) is 53.4 Å². The minimum absolute atomic E-state index is 0.767. The molecule has 17 heavy (non-hydrogen) atoms. The van der Waals surface area contributed by atoms with Gasteiger partial charge in [0, 0.05) is 19.6 Å². The summed E-state index contributed by atoms with van der Waals surface area (Å²) in [4.78, 5) is 4.91. The van der Waals surface area contributed by atoms with E-state index in [1.807, 2.05) is 0 Å². The first-order valence-corrected chi connectivity index (χ1v) is 7.15. The molecule has 0 saturated carbocycles. The number of piperidine rings is 1. The highest BCUT2D eigenvalue weighted by Gasteiger charge is 2.19. The van der Waals surface area contributed by atoms with Crippen LogP contribution in [-0.4, -0.2) is 63.2 Å². The van der Waals surface area contributed by atoms with Gasteiger partial charge >= 0.3 is 0 Å². The molecule has 1 heterocycles. The largest absolute Gasteiger partial charge is 0.316 e. The lowest BCUT2D eigenvalue weighted by atomic mass is 9.98. The van der Waals surface area contributed by atoms with Crippen molar-refractivity contribution >= 4 is 0 Å². The van der Waals surface area contributed by atoms with Crippen LogP contribution in [0.15, 0.2) is 0 Å². The average Bonchev–Trinajstić information content (AvgIpc) is 2.26. The molecule has 0 spiro atoms. The van der Waals surface area contributed by atoms with E-state index in [9.17, 15) is 0 Å². The monoisotopic (exact) mass is 241 g/mol. The average molecular weight is 241 g/mol. The van der Waals surface area contributed by atoms with Crippen molar-refractivity contribution < 1.29 is 0 Å². The molecule has 0 aromatic carbocycles. The molecule has 0 radical (unpaired) electrons. The molecule has 0 amide bonds. The molecule has 1 saturated heterocycles. The number of nitrogens with zero attached hydrogens (tertiary/aromatic N) is 2. The van der Waals surface area contributed by atoms with E-state index in [2.05, 4.69) is 43.1 Å². The van der Waals surface area contributed by atoms with Crippen LogP contribution >= 0.6 is 0 Å². The Bertz CT molecular complexity index is 192. The third-order valence-corrected chi connectivity index (χ3v) is 3.45. The van der Waals surface area contributed by atoms with Gasteiger partial charge in [-0.3, -0.25) is 0 Å². The summed E-state index contributed by atoms with van der Waals surface area (Å²) in [5, 5.41) is 3.60. The molecule has 1 aliphatic heterocycles. The van der Waals surface area contributed by atoms with E-state index >= 15 is 0 Å². The lowest BCUT2D eigenvalue weighted by molar-refractivity contribution is 0.159. The van der Waals surface area contributed by atoms with E-state index in [0.29, 0.717) is 0 Å². The van der Waals surface area contributed by atoms with E-state index in [1.165, 1.54) is 45.6 Å². The van der Waals surface area contributed by atoms with Crippen LogP contribution in [0.3, 0.4) is 0 Å². The van der Waals surface area contributed by atoms with Gasteiger partial charge in [0.25, 0.3) is 0 Å². The van der Waals surface area contributed by atoms with Crippen LogP contribution in [0.4, 0.5) is 0 Å². The Hall–Kier alpha value is -0.120. The molecule has 0 bridgehead atoms. The van der Waals surface area contributed by atoms with Crippen LogP contribution in [0, 0.1) is 11.8 Å². The van der Waals surface area contributed by atoms with Crippen LogP contribution in [0.2, 0.25) is 0 Å². The maximum atomic E-state index is 3.60. The molecular formula is C14H31N3. The number of rotatable bonds is 7. The molecule has 1 N–H and O–H groups in total. The molecule has 3 heteroatoms. The van der Waals surface area contributed by atoms with Gasteiger partial charge in [0.1, 0.15) is 0 Å². The van der Waals surface area contributed by atoms with E-state index in [-0.39, 0.29) is 0 Å². The van der Waals surface area contributed by atoms with Crippen molar-refractivity contribution in [2.45, 2.75) is 26.7 Å². The van der Waals surface area contributed by atoms with Gasteiger partial charge in [-0.1, -0.05) is 13.8 Å². The Morgan fingerprint density at radius 2 is 2.12 bits per heavy atom. The Morgan fingerprint density at radius 1 is 1.35 bits per heavy atom. The van der Waals surface area contributed by atoms with Crippen molar-refractivity contribution in [2.24, 2.45) is 11.8 Å². The predicted molar refractivity (Wildman–Crippen MR) is 75.4 cm³/mol. The first-order valence-electron chi connectivity index (χ1n) is 7.15. The Morgan fingerprint density at radius 3 is 2.76 bits per heavy atom. The molecule has 1 rings (SSSR count). The highest BCUT2D eigenvalue weighted by atomic mass is 15.2. The summed E-state index contributed by atoms with van der Waals surface area (Å²) in [7, 11) is 4.32. The zero-order valence-corrected chi connectivity index (χ0v) is 12.2. The van der Waals surface area contributed by atoms with E-state index in [4.69, 9.17) is 0 Å². The summed E-state index contributed by atoms with van der Waals surface area (Å²) in [6.07, 6.45) is 2.78. The minimum atomic E-state index is 0.767. The third kappa shape index (κ3) is 7.02. The minimum Gasteiger partial charge on any atom is -0.316 e. The first kappa shape index (κ1) is 14.9. The number of hydrogen-bond donors (Lipinski definition) is 1. The number of hydrogen-bond acceptors (Lipinski definition) is 3. The topological polar surface area (TPSA) is 18.5 Å². The maximum Gasteiger partial charge on any atom is 0.0109 e. The molecule has 102 valence electrons. The van der Waals surface area contributed by atoms with Crippen LogP contribution < -0.4 is 5.32 Å². The number of likely N-dealkylation sites (N-methyl/N-ethyl adjacent to an activating group) is 1. The standard InChI is InChI=1S/C14H31N3/c1-13(2)10-15-11-14-6-5-7-17(12-14)9-8-16(3)4/h13-15H,5-12H2,1-4H3. The summed E-state index contributed by atoms with van der Waals surface area (Å²) >= 11 is 0. The number of likely N-dealkylation sites (tertiary alicyclic amines) is 1. The van der Waals surface area contributed by atoms with E-state index in [0.717, 1.165) is 18.4 Å². The summed E-state index contributed by atoms with van der Waals surface area (Å²) in [6, 6.07) is 0. The lowest BCUT2D eigenvalue weighted by Crippen LogP contribution is -2.42. The molecule has 1 atom stereocenters. The van der Waals surface area contributed by atoms with Gasteiger partial charge in [-0.25, -0.2) is 0 Å². The van der Waals surface area contributed by atoms with Crippen molar-refractivity contribution in [3.05, 3.63) is 0 Å². The summed E-state index contributed by atoms with van der Waals surface area (Å²) in [6.45, 7) is 11.9. The van der Waals surface area contributed by atoms with E-state index < -0.39 is 0 Å². The fourth-order valence-electron chi connectivity index (χ4n) is 2.44. The first-order chi connectivity index (χ1) is 8.08. The fraction of sp³-hybridized carbons (Fsp3) is 1.00. The van der Waals surface area contributed by atoms with Crippen molar-refractivity contribution in [3.63, 3.8) is 0 Å². The Labute approximate surface area is 108 Å². The normalized spacial score (nSPS) is 22.6. The zero-order valence-electron chi connectivity index (χ0n) is 12.2. The fourth-order valence-corrected chi connectivity index (χ4v) is 2.44. The molecule has 1 aliphatic rings. The van der Waals surface area contributed by atoms with Gasteiger partial charge in [0.15, 0.2) is 0 Å². The summed E-state index contributed by atoms with van der Waals surface area (Å²) in [5.74, 6) is 1.63. The molecule has 0 aliphatic carbocycles. The van der Waals surface area contributed by atoms with Gasteiger partial charge in [-0.2, -0.15) is 0 Å². The van der Waals surface area contributed by atoms with Crippen LogP contribution in [-0.2, 0) is 0 Å². The molecule has 1 unspecified atom stereocenters. The Kier molecular flexibility index (Phi) is 7.09. The smallest absolute Gasteiger partial charge is 0.0109 e. The second-order valence-electron chi connectivity index (χ2n) is 6.16. The van der Waals surface area contributed by atoms with Gasteiger partial charge in [-0.05, 0) is 58.4 Å². The van der Waals surface area contributed by atoms with Crippen LogP contribution in [0.1, 0.15) is 26.7 Å². The molecular weight excluding hydrogens is 210 g/mol. The van der Waals surface area contributed by atoms with Gasteiger partial charge < -0.3 is 15.1 Å². The molecule has 3 nitrogen and oxygen atoms in total. The van der Waals surface area contributed by atoms with Crippen LogP contribution in [0.25, 0.3) is 0 Å². The second kappa shape index (κ2) is 8.06. The van der Waals surface area contributed by atoms with Crippen molar-refractivity contribution in [1.82, 2.24) is 15.1 Å². The Balaban J connectivity index is 2.14. The molecule has 0 aromatic heterocycles. The van der Waals surface area contributed by atoms with Crippen molar-refractivity contribution in [1.29, 1.82) is 0 Å². The van der Waals surface area contributed by atoms with Crippen LogP contribution in [0.5, 0.6) is 0 Å². The summed E-state index contributed by atoms with van der Waals surface area (Å²) < 4.78 is 0. The maximum absolute atomic E-state index is 3.60. The summed E-state index contributed by atoms with van der Waals surface area (Å²) in [5.41, 5.74) is 0. The predicted octanol–water partition coefficient (Wildman–Crippen LogP) is 1.51. The highest BCUT2D eigenvalue weighted by molar-refractivity contribution is 4.75. The quantitative estimate of drug-likeness (QED) is 0.729. The van der Waals surface area contributed by atoms with Gasteiger partial charge in [0.05, 0.1) is 0 Å². The highest BCUT2D eigenvalue weighted by Crippen LogP contribution is 2.15. The molecule has 0 aromatic rings. The number of nitrogens with one attached hydrogen (secondary N) is 1.